The second-order valence-corrected chi connectivity index (χ2v) is 4.73. The zero-order valence-electron chi connectivity index (χ0n) is 12.8. The van der Waals surface area contributed by atoms with E-state index in [1.54, 1.807) is 14.2 Å². The summed E-state index contributed by atoms with van der Waals surface area (Å²) in [6.07, 6.45) is 0. The molecule has 112 valence electrons. The molecule has 0 atom stereocenters. The molecule has 5 nitrogen and oxygen atoms in total. The molecule has 0 saturated carbocycles. The van der Waals surface area contributed by atoms with E-state index < -0.39 is 0 Å². The Bertz CT molecular complexity index is 419. The molecule has 0 aliphatic carbocycles. The Balaban J connectivity index is 2.63. The molecule has 5 heteroatoms. The van der Waals surface area contributed by atoms with Crippen LogP contribution in [0.3, 0.4) is 0 Å². The van der Waals surface area contributed by atoms with Gasteiger partial charge >= 0.3 is 0 Å². The Kier molecular flexibility index (Phi) is 7.50. The molecule has 0 aliphatic heterocycles. The summed E-state index contributed by atoms with van der Waals surface area (Å²) in [6.45, 7) is 6.15. The Morgan fingerprint density at radius 1 is 1.30 bits per heavy atom. The first-order chi connectivity index (χ1) is 9.65. The quantitative estimate of drug-likeness (QED) is 0.454. The lowest BCUT2D eigenvalue weighted by atomic mass is 10.2. The average Bonchev–Trinajstić information content (AvgIpc) is 2.44. The smallest absolute Gasteiger partial charge is 0.191 e. The Hall–Kier alpha value is -1.75. The van der Waals surface area contributed by atoms with Crippen molar-refractivity contribution >= 4 is 5.96 Å². The summed E-state index contributed by atoms with van der Waals surface area (Å²) in [4.78, 5) is 4.56. The summed E-state index contributed by atoms with van der Waals surface area (Å²) >= 11 is 0. The minimum atomic E-state index is 0.328. The van der Waals surface area contributed by atoms with Gasteiger partial charge < -0.3 is 20.1 Å². The largest absolute Gasteiger partial charge is 0.497 e. The summed E-state index contributed by atoms with van der Waals surface area (Å²) < 4.78 is 10.2. The fourth-order valence-corrected chi connectivity index (χ4v) is 1.64. The molecule has 1 aromatic carbocycles. The van der Waals surface area contributed by atoms with Crippen LogP contribution in [0, 0.1) is 0 Å². The van der Waals surface area contributed by atoms with Crippen molar-refractivity contribution < 1.29 is 9.47 Å². The SMILES string of the molecule is COCCNC(=NCc1cccc(OC)c1)NC(C)C. The number of rotatable bonds is 7. The van der Waals surface area contributed by atoms with Crippen molar-refractivity contribution in [3.8, 4) is 5.75 Å². The molecular formula is C15H25N3O2. The number of nitrogens with one attached hydrogen (secondary N) is 2. The third kappa shape index (κ3) is 6.43. The number of hydrogen-bond acceptors (Lipinski definition) is 3. The molecule has 0 aliphatic rings. The maximum atomic E-state index is 5.21. The third-order valence-electron chi connectivity index (χ3n) is 2.58. The van der Waals surface area contributed by atoms with Crippen LogP contribution in [0.15, 0.2) is 29.3 Å². The molecule has 0 aromatic heterocycles. The lowest BCUT2D eigenvalue weighted by Crippen LogP contribution is -2.42. The fraction of sp³-hybridized carbons (Fsp3) is 0.533. The van der Waals surface area contributed by atoms with E-state index in [9.17, 15) is 0 Å². The van der Waals surface area contributed by atoms with Gasteiger partial charge in [-0.1, -0.05) is 12.1 Å². The van der Waals surface area contributed by atoms with Gasteiger partial charge in [-0.05, 0) is 31.5 Å². The van der Waals surface area contributed by atoms with Crippen LogP contribution < -0.4 is 15.4 Å². The topological polar surface area (TPSA) is 54.9 Å². The molecule has 2 N–H and O–H groups in total. The zero-order valence-corrected chi connectivity index (χ0v) is 12.8. The zero-order chi connectivity index (χ0) is 14.8. The molecular weight excluding hydrogens is 254 g/mol. The Labute approximate surface area is 121 Å². The van der Waals surface area contributed by atoms with Gasteiger partial charge in [-0.2, -0.15) is 0 Å². The molecule has 1 aromatic rings. The van der Waals surface area contributed by atoms with Crippen LogP contribution in [-0.2, 0) is 11.3 Å². The van der Waals surface area contributed by atoms with E-state index in [0.29, 0.717) is 19.2 Å². The number of hydrogen-bond donors (Lipinski definition) is 2. The van der Waals surface area contributed by atoms with Crippen molar-refractivity contribution in [2.24, 2.45) is 4.99 Å². The number of benzene rings is 1. The molecule has 0 radical (unpaired) electrons. The predicted molar refractivity (Wildman–Crippen MR) is 82.3 cm³/mol. The number of ether oxygens (including phenoxy) is 2. The van der Waals surface area contributed by atoms with Crippen LogP contribution in [0.5, 0.6) is 5.75 Å². The maximum absolute atomic E-state index is 5.21. The van der Waals surface area contributed by atoms with Crippen LogP contribution in [0.2, 0.25) is 0 Å². The van der Waals surface area contributed by atoms with Gasteiger partial charge in [0.1, 0.15) is 5.75 Å². The van der Waals surface area contributed by atoms with Crippen molar-refractivity contribution in [3.05, 3.63) is 29.8 Å². The van der Waals surface area contributed by atoms with Crippen LogP contribution in [-0.4, -0.2) is 39.4 Å². The Morgan fingerprint density at radius 2 is 2.10 bits per heavy atom. The molecule has 0 saturated heterocycles. The molecule has 0 amide bonds. The first-order valence-electron chi connectivity index (χ1n) is 6.82. The second kappa shape index (κ2) is 9.20. The van der Waals surface area contributed by atoms with Crippen LogP contribution >= 0.6 is 0 Å². The average molecular weight is 279 g/mol. The van der Waals surface area contributed by atoms with Gasteiger partial charge in [-0.3, -0.25) is 0 Å². The molecule has 0 spiro atoms. The van der Waals surface area contributed by atoms with Crippen molar-refractivity contribution in [2.45, 2.75) is 26.4 Å². The molecule has 1 rings (SSSR count). The highest BCUT2D eigenvalue weighted by atomic mass is 16.5. The number of aliphatic imine (C=N–C) groups is 1. The van der Waals surface area contributed by atoms with E-state index in [2.05, 4.69) is 29.5 Å². The van der Waals surface area contributed by atoms with Gasteiger partial charge in [0.25, 0.3) is 0 Å². The highest BCUT2D eigenvalue weighted by Gasteiger charge is 2.01. The van der Waals surface area contributed by atoms with Crippen LogP contribution in [0.4, 0.5) is 0 Å². The maximum Gasteiger partial charge on any atom is 0.191 e. The third-order valence-corrected chi connectivity index (χ3v) is 2.58. The molecule has 0 bridgehead atoms. The van der Waals surface area contributed by atoms with E-state index >= 15 is 0 Å². The van der Waals surface area contributed by atoms with E-state index in [-0.39, 0.29) is 0 Å². The van der Waals surface area contributed by atoms with Crippen molar-refractivity contribution in [1.29, 1.82) is 0 Å². The van der Waals surface area contributed by atoms with E-state index in [4.69, 9.17) is 9.47 Å². The monoisotopic (exact) mass is 279 g/mol. The number of guanidine groups is 1. The van der Waals surface area contributed by atoms with Crippen molar-refractivity contribution in [3.63, 3.8) is 0 Å². The summed E-state index contributed by atoms with van der Waals surface area (Å²) in [6, 6.07) is 8.25. The van der Waals surface area contributed by atoms with E-state index in [1.165, 1.54) is 0 Å². The van der Waals surface area contributed by atoms with Gasteiger partial charge in [0, 0.05) is 19.7 Å². The molecule has 0 fully saturated rings. The summed E-state index contributed by atoms with van der Waals surface area (Å²) in [5, 5.41) is 6.52. The lowest BCUT2D eigenvalue weighted by molar-refractivity contribution is 0.203. The minimum Gasteiger partial charge on any atom is -0.497 e. The van der Waals surface area contributed by atoms with Gasteiger partial charge in [-0.15, -0.1) is 0 Å². The van der Waals surface area contributed by atoms with Gasteiger partial charge in [-0.25, -0.2) is 4.99 Å². The molecule has 0 unspecified atom stereocenters. The van der Waals surface area contributed by atoms with Crippen LogP contribution in [0.1, 0.15) is 19.4 Å². The molecule has 20 heavy (non-hydrogen) atoms. The minimum absolute atomic E-state index is 0.328. The molecule has 0 heterocycles. The normalized spacial score (nSPS) is 11.6. The van der Waals surface area contributed by atoms with Gasteiger partial charge in [0.05, 0.1) is 20.3 Å². The van der Waals surface area contributed by atoms with Crippen molar-refractivity contribution in [1.82, 2.24) is 10.6 Å². The van der Waals surface area contributed by atoms with E-state index in [1.807, 2.05) is 24.3 Å². The first kappa shape index (κ1) is 16.3. The van der Waals surface area contributed by atoms with Gasteiger partial charge in [0.2, 0.25) is 0 Å². The van der Waals surface area contributed by atoms with Crippen LogP contribution in [0.25, 0.3) is 0 Å². The standard InChI is InChI=1S/C15H25N3O2/c1-12(2)18-15(16-8-9-19-3)17-11-13-6-5-7-14(10-13)20-4/h5-7,10,12H,8-9,11H2,1-4H3,(H2,16,17,18). The number of methoxy groups -OCH3 is 2. The second-order valence-electron chi connectivity index (χ2n) is 4.73. The number of nitrogens with zero attached hydrogens (tertiary/aromatic N) is 1. The Morgan fingerprint density at radius 3 is 2.75 bits per heavy atom. The summed E-state index contributed by atoms with van der Waals surface area (Å²) in [5.74, 6) is 1.64. The summed E-state index contributed by atoms with van der Waals surface area (Å²) in [7, 11) is 3.35. The van der Waals surface area contributed by atoms with E-state index in [0.717, 1.165) is 23.8 Å². The lowest BCUT2D eigenvalue weighted by Gasteiger charge is -2.15. The highest BCUT2D eigenvalue weighted by Crippen LogP contribution is 2.13. The first-order valence-corrected chi connectivity index (χ1v) is 6.82. The van der Waals surface area contributed by atoms with Crippen molar-refractivity contribution in [2.75, 3.05) is 27.4 Å². The predicted octanol–water partition coefficient (Wildman–Crippen LogP) is 1.79. The summed E-state index contributed by atoms with van der Waals surface area (Å²) in [5.41, 5.74) is 1.11. The fourth-order valence-electron chi connectivity index (χ4n) is 1.64. The van der Waals surface area contributed by atoms with Gasteiger partial charge in [0.15, 0.2) is 5.96 Å². The highest BCUT2D eigenvalue weighted by molar-refractivity contribution is 5.80.